The quantitative estimate of drug-likeness (QED) is 0.825. The normalized spacial score (nSPS) is 11.1. The van der Waals surface area contributed by atoms with Crippen LogP contribution >= 0.6 is 0 Å². The van der Waals surface area contributed by atoms with Gasteiger partial charge in [-0.2, -0.15) is 8.42 Å². The third-order valence-electron chi connectivity index (χ3n) is 2.44. The molecule has 104 valence electrons. The third kappa shape index (κ3) is 3.78. The maximum absolute atomic E-state index is 11.7. The molecule has 6 nitrogen and oxygen atoms in total. The molecule has 1 aromatic carbocycles. The Balaban J connectivity index is 3.08. The Labute approximate surface area is 111 Å². The van der Waals surface area contributed by atoms with Crippen molar-refractivity contribution < 1.29 is 27.3 Å². The number of hydrogen-bond acceptors (Lipinski definition) is 5. The van der Waals surface area contributed by atoms with Gasteiger partial charge >= 0.3 is 22.1 Å². The molecule has 0 radical (unpaired) electrons. The van der Waals surface area contributed by atoms with Crippen molar-refractivity contribution in [2.75, 3.05) is 5.75 Å². The van der Waals surface area contributed by atoms with Gasteiger partial charge in [0.2, 0.25) is 0 Å². The summed E-state index contributed by atoms with van der Waals surface area (Å²) in [6, 6.07) is 4.01. The molecule has 0 unspecified atom stereocenters. The van der Waals surface area contributed by atoms with E-state index in [2.05, 4.69) is 4.18 Å². The number of hydrogen-bond donors (Lipinski definition) is 1. The lowest BCUT2D eigenvalue weighted by atomic mass is 10.0. The number of carbonyl (C=O) groups excluding carboxylic acids is 1. The largest absolute Gasteiger partial charge is 0.478 e. The summed E-state index contributed by atoms with van der Waals surface area (Å²) < 4.78 is 27.2. The number of rotatable bonds is 5. The zero-order valence-corrected chi connectivity index (χ0v) is 11.4. The average Bonchev–Trinajstić information content (AvgIpc) is 2.27. The van der Waals surface area contributed by atoms with E-state index in [4.69, 9.17) is 5.11 Å². The van der Waals surface area contributed by atoms with Crippen LogP contribution in [0, 0.1) is 6.92 Å². The molecule has 0 heterocycles. The first kappa shape index (κ1) is 15.2. The Morgan fingerprint density at radius 3 is 2.37 bits per heavy atom. The maximum Gasteiger partial charge on any atom is 0.354 e. The maximum atomic E-state index is 11.7. The Morgan fingerprint density at radius 2 is 1.84 bits per heavy atom. The van der Waals surface area contributed by atoms with E-state index in [9.17, 15) is 18.0 Å². The fraction of sp³-hybridized carbons (Fsp3) is 0.333. The summed E-state index contributed by atoms with van der Waals surface area (Å²) in [5.74, 6) is -2.52. The number of carbonyl (C=O) groups is 2. The highest BCUT2D eigenvalue weighted by molar-refractivity contribution is 7.87. The second-order valence-corrected chi connectivity index (χ2v) is 5.61. The van der Waals surface area contributed by atoms with Gasteiger partial charge in [-0.15, -0.1) is 0 Å². The van der Waals surface area contributed by atoms with Crippen LogP contribution in [-0.4, -0.2) is 31.2 Å². The Morgan fingerprint density at radius 1 is 1.26 bits per heavy atom. The molecule has 1 rings (SSSR count). The smallest absolute Gasteiger partial charge is 0.354 e. The summed E-state index contributed by atoms with van der Waals surface area (Å²) in [4.78, 5) is 22.7. The molecule has 1 aromatic rings. The Hall–Kier alpha value is -1.89. The fourth-order valence-electron chi connectivity index (χ4n) is 1.54. The summed E-state index contributed by atoms with van der Waals surface area (Å²) in [6.07, 6.45) is 0.323. The molecule has 0 spiro atoms. The van der Waals surface area contributed by atoms with Crippen molar-refractivity contribution in [2.24, 2.45) is 0 Å². The molecule has 1 N–H and O–H groups in total. The van der Waals surface area contributed by atoms with Gasteiger partial charge in [0.15, 0.2) is 0 Å². The minimum Gasteiger partial charge on any atom is -0.478 e. The summed E-state index contributed by atoms with van der Waals surface area (Å²) in [5.41, 5.74) is 0.0358. The molecular weight excluding hydrogens is 272 g/mol. The molecule has 0 saturated heterocycles. The second kappa shape index (κ2) is 5.83. The van der Waals surface area contributed by atoms with Crippen molar-refractivity contribution in [3.8, 4) is 0 Å². The van der Waals surface area contributed by atoms with Crippen LogP contribution in [0.25, 0.3) is 0 Å². The highest BCUT2D eigenvalue weighted by Crippen LogP contribution is 2.16. The number of aromatic carboxylic acids is 1. The first-order valence-electron chi connectivity index (χ1n) is 5.58. The van der Waals surface area contributed by atoms with Gasteiger partial charge < -0.3 is 9.29 Å². The molecule has 19 heavy (non-hydrogen) atoms. The van der Waals surface area contributed by atoms with Crippen LogP contribution in [0.15, 0.2) is 18.2 Å². The van der Waals surface area contributed by atoms with E-state index in [-0.39, 0.29) is 22.4 Å². The van der Waals surface area contributed by atoms with Crippen molar-refractivity contribution in [1.29, 1.82) is 0 Å². The molecule has 7 heteroatoms. The van der Waals surface area contributed by atoms with Gasteiger partial charge in [0.05, 0.1) is 16.9 Å². The molecule has 0 aliphatic rings. The van der Waals surface area contributed by atoms with E-state index in [1.165, 1.54) is 25.1 Å². The van der Waals surface area contributed by atoms with E-state index in [1.54, 1.807) is 6.92 Å². The summed E-state index contributed by atoms with van der Waals surface area (Å²) in [5, 5.41) is 8.92. The van der Waals surface area contributed by atoms with Crippen molar-refractivity contribution >= 4 is 22.1 Å². The summed E-state index contributed by atoms with van der Waals surface area (Å²) in [7, 11) is -3.93. The zero-order valence-electron chi connectivity index (χ0n) is 10.5. The lowest BCUT2D eigenvalue weighted by Gasteiger charge is -2.08. The molecule has 0 bridgehead atoms. The molecule has 0 amide bonds. The van der Waals surface area contributed by atoms with Gasteiger partial charge in [-0.1, -0.05) is 13.0 Å². The molecule has 0 atom stereocenters. The van der Waals surface area contributed by atoms with Gasteiger partial charge in [-0.05, 0) is 31.0 Å². The summed E-state index contributed by atoms with van der Waals surface area (Å²) in [6.45, 7) is 3.06. The number of carboxylic acids is 1. The van der Waals surface area contributed by atoms with Gasteiger partial charge in [0.25, 0.3) is 0 Å². The molecule has 0 fully saturated rings. The SMILES string of the molecule is CCCS(=O)(=O)OC(=O)c1cccc(C(=O)O)c1C. The minimum atomic E-state index is -3.93. The zero-order chi connectivity index (χ0) is 14.6. The standard InChI is InChI=1S/C12H14O6S/c1-3-7-19(16,17)18-12(15)10-6-4-5-9(8(10)2)11(13)14/h4-6H,3,7H2,1-2H3,(H,13,14). The topological polar surface area (TPSA) is 97.7 Å². The number of benzene rings is 1. The van der Waals surface area contributed by atoms with E-state index in [0.29, 0.717) is 6.42 Å². The van der Waals surface area contributed by atoms with Gasteiger partial charge in [-0.3, -0.25) is 0 Å². The van der Waals surface area contributed by atoms with E-state index in [1.807, 2.05) is 0 Å². The molecule has 0 aliphatic heterocycles. The highest BCUT2D eigenvalue weighted by Gasteiger charge is 2.21. The van der Waals surface area contributed by atoms with E-state index >= 15 is 0 Å². The number of carboxylic acid groups (broad SMARTS) is 1. The lowest BCUT2D eigenvalue weighted by molar-refractivity contribution is 0.0696. The van der Waals surface area contributed by atoms with Crippen LogP contribution in [0.3, 0.4) is 0 Å². The van der Waals surface area contributed by atoms with Crippen molar-refractivity contribution in [2.45, 2.75) is 20.3 Å². The van der Waals surface area contributed by atoms with E-state index < -0.39 is 22.1 Å². The van der Waals surface area contributed by atoms with Gasteiger partial charge in [-0.25, -0.2) is 9.59 Å². The Kier molecular flexibility index (Phi) is 4.66. The van der Waals surface area contributed by atoms with Crippen LogP contribution in [0.5, 0.6) is 0 Å². The molecule has 0 saturated carbocycles. The Bertz CT molecular complexity index is 603. The fourth-order valence-corrected chi connectivity index (χ4v) is 2.44. The molecular formula is C12H14O6S. The monoisotopic (exact) mass is 286 g/mol. The van der Waals surface area contributed by atoms with Crippen molar-refractivity contribution in [1.82, 2.24) is 0 Å². The second-order valence-electron chi connectivity index (χ2n) is 3.92. The first-order valence-corrected chi connectivity index (χ1v) is 7.15. The van der Waals surface area contributed by atoms with E-state index in [0.717, 1.165) is 0 Å². The summed E-state index contributed by atoms with van der Waals surface area (Å²) >= 11 is 0. The van der Waals surface area contributed by atoms with Gasteiger partial charge in [0, 0.05) is 0 Å². The van der Waals surface area contributed by atoms with Crippen LogP contribution in [0.4, 0.5) is 0 Å². The van der Waals surface area contributed by atoms with Crippen molar-refractivity contribution in [3.63, 3.8) is 0 Å². The first-order chi connectivity index (χ1) is 8.78. The molecule has 0 aromatic heterocycles. The highest BCUT2D eigenvalue weighted by atomic mass is 32.2. The van der Waals surface area contributed by atoms with Gasteiger partial charge in [0.1, 0.15) is 0 Å². The van der Waals surface area contributed by atoms with Crippen LogP contribution in [0.2, 0.25) is 0 Å². The van der Waals surface area contributed by atoms with Crippen LogP contribution < -0.4 is 0 Å². The van der Waals surface area contributed by atoms with Crippen LogP contribution in [0.1, 0.15) is 39.6 Å². The molecule has 0 aliphatic carbocycles. The van der Waals surface area contributed by atoms with Crippen LogP contribution in [-0.2, 0) is 14.3 Å². The predicted octanol–water partition coefficient (Wildman–Crippen LogP) is 1.59. The third-order valence-corrected chi connectivity index (χ3v) is 3.75. The predicted molar refractivity (Wildman–Crippen MR) is 67.6 cm³/mol. The van der Waals surface area contributed by atoms with Crippen molar-refractivity contribution in [3.05, 3.63) is 34.9 Å². The lowest BCUT2D eigenvalue weighted by Crippen LogP contribution is -2.17. The average molecular weight is 286 g/mol. The minimum absolute atomic E-state index is 0.0673.